The van der Waals surface area contributed by atoms with E-state index in [2.05, 4.69) is 4.98 Å². The molecule has 0 atom stereocenters. The third-order valence-electron chi connectivity index (χ3n) is 3.02. The van der Waals surface area contributed by atoms with E-state index in [-0.39, 0.29) is 5.91 Å². The van der Waals surface area contributed by atoms with Crippen molar-refractivity contribution in [2.45, 2.75) is 13.5 Å². The van der Waals surface area contributed by atoms with Gasteiger partial charge in [-0.25, -0.2) is 4.98 Å². The number of imidazole rings is 1. The summed E-state index contributed by atoms with van der Waals surface area (Å²) in [6.07, 6.45) is 3.36. The van der Waals surface area contributed by atoms with Gasteiger partial charge in [-0.3, -0.25) is 4.79 Å². The largest absolute Gasteiger partial charge is 0.335 e. The molecule has 2 aromatic rings. The molecule has 0 radical (unpaired) electrons. The van der Waals surface area contributed by atoms with Gasteiger partial charge in [0.05, 0.1) is 6.33 Å². The van der Waals surface area contributed by atoms with Crippen LogP contribution in [0.2, 0.25) is 0 Å². The summed E-state index contributed by atoms with van der Waals surface area (Å²) < 4.78 is 1.82. The fourth-order valence-corrected chi connectivity index (χ4v) is 1.96. The number of anilines is 1. The van der Waals surface area contributed by atoms with Crippen molar-refractivity contribution in [3.63, 3.8) is 0 Å². The number of carbonyl (C=O) groups is 1. The molecular weight excluding hydrogens is 240 g/mol. The second-order valence-corrected chi connectivity index (χ2v) is 4.44. The lowest BCUT2D eigenvalue weighted by Crippen LogP contribution is -2.27. The van der Waals surface area contributed by atoms with Gasteiger partial charge in [0, 0.05) is 32.0 Å². The lowest BCUT2D eigenvalue weighted by Gasteiger charge is -2.18. The summed E-state index contributed by atoms with van der Waals surface area (Å²) in [6, 6.07) is 7.77. The third kappa shape index (κ3) is 2.82. The Kier molecular flexibility index (Phi) is 3.97. The smallest absolute Gasteiger partial charge is 0.278 e. The molecule has 0 unspecified atom stereocenters. The van der Waals surface area contributed by atoms with E-state index in [9.17, 15) is 4.79 Å². The van der Waals surface area contributed by atoms with E-state index in [0.29, 0.717) is 18.8 Å². The SMILES string of the molecule is Cc1ccccc1N(C)C(=O)c1cn(CCN)cn1. The van der Waals surface area contributed by atoms with E-state index in [4.69, 9.17) is 5.73 Å². The molecule has 2 rings (SSSR count). The summed E-state index contributed by atoms with van der Waals surface area (Å²) in [4.78, 5) is 18.1. The quantitative estimate of drug-likeness (QED) is 0.902. The number of hydrogen-bond donors (Lipinski definition) is 1. The van der Waals surface area contributed by atoms with Crippen LogP contribution in [0.3, 0.4) is 0 Å². The average molecular weight is 258 g/mol. The molecule has 0 aliphatic heterocycles. The highest BCUT2D eigenvalue weighted by Gasteiger charge is 2.17. The summed E-state index contributed by atoms with van der Waals surface area (Å²) in [5.41, 5.74) is 7.85. The Bertz CT molecular complexity index is 576. The van der Waals surface area contributed by atoms with Crippen molar-refractivity contribution in [3.8, 4) is 0 Å². The van der Waals surface area contributed by atoms with Gasteiger partial charge in [0.25, 0.3) is 5.91 Å². The van der Waals surface area contributed by atoms with Gasteiger partial charge in [-0.1, -0.05) is 18.2 Å². The number of para-hydroxylation sites is 1. The molecule has 2 N–H and O–H groups in total. The van der Waals surface area contributed by atoms with Gasteiger partial charge >= 0.3 is 0 Å². The zero-order chi connectivity index (χ0) is 13.8. The Morgan fingerprint density at radius 2 is 2.16 bits per heavy atom. The van der Waals surface area contributed by atoms with Crippen molar-refractivity contribution in [1.82, 2.24) is 9.55 Å². The molecule has 1 aromatic heterocycles. The second-order valence-electron chi connectivity index (χ2n) is 4.44. The summed E-state index contributed by atoms with van der Waals surface area (Å²) in [5.74, 6) is -0.120. The molecular formula is C14H18N4O. The van der Waals surface area contributed by atoms with E-state index in [1.165, 1.54) is 0 Å². The minimum Gasteiger partial charge on any atom is -0.335 e. The van der Waals surface area contributed by atoms with E-state index in [1.54, 1.807) is 24.5 Å². The fraction of sp³-hybridized carbons (Fsp3) is 0.286. The molecule has 5 nitrogen and oxygen atoms in total. The van der Waals surface area contributed by atoms with E-state index < -0.39 is 0 Å². The minimum atomic E-state index is -0.120. The van der Waals surface area contributed by atoms with Gasteiger partial charge in [0.2, 0.25) is 0 Å². The number of aromatic nitrogens is 2. The van der Waals surface area contributed by atoms with Gasteiger partial charge in [-0.05, 0) is 18.6 Å². The van der Waals surface area contributed by atoms with Crippen molar-refractivity contribution >= 4 is 11.6 Å². The highest BCUT2D eigenvalue weighted by molar-refractivity contribution is 6.04. The Morgan fingerprint density at radius 1 is 1.42 bits per heavy atom. The van der Waals surface area contributed by atoms with Crippen molar-refractivity contribution < 1.29 is 4.79 Å². The lowest BCUT2D eigenvalue weighted by molar-refractivity contribution is 0.0988. The zero-order valence-electron chi connectivity index (χ0n) is 11.2. The number of hydrogen-bond acceptors (Lipinski definition) is 3. The third-order valence-corrected chi connectivity index (χ3v) is 3.02. The maximum Gasteiger partial charge on any atom is 0.278 e. The normalized spacial score (nSPS) is 10.5. The Balaban J connectivity index is 2.21. The van der Waals surface area contributed by atoms with Crippen LogP contribution in [0.1, 0.15) is 16.1 Å². The maximum atomic E-state index is 12.3. The first-order valence-electron chi connectivity index (χ1n) is 6.19. The second kappa shape index (κ2) is 5.67. The number of aryl methyl sites for hydroxylation is 1. The fourth-order valence-electron chi connectivity index (χ4n) is 1.96. The molecule has 1 amide bonds. The number of carbonyl (C=O) groups excluding carboxylic acids is 1. The predicted octanol–water partition coefficient (Wildman–Crippen LogP) is 1.43. The molecule has 0 spiro atoms. The van der Waals surface area contributed by atoms with Gasteiger partial charge in [0.15, 0.2) is 0 Å². The van der Waals surface area contributed by atoms with E-state index in [1.807, 2.05) is 35.8 Å². The Morgan fingerprint density at radius 3 is 2.84 bits per heavy atom. The van der Waals surface area contributed by atoms with Gasteiger partial charge < -0.3 is 15.2 Å². The highest BCUT2D eigenvalue weighted by atomic mass is 16.2. The maximum absolute atomic E-state index is 12.3. The number of rotatable bonds is 4. The van der Waals surface area contributed by atoms with Gasteiger partial charge in [-0.2, -0.15) is 0 Å². The first-order valence-corrected chi connectivity index (χ1v) is 6.19. The molecule has 100 valence electrons. The van der Waals surface area contributed by atoms with Crippen LogP contribution in [0.4, 0.5) is 5.69 Å². The van der Waals surface area contributed by atoms with Crippen molar-refractivity contribution in [2.24, 2.45) is 5.73 Å². The minimum absolute atomic E-state index is 0.120. The summed E-state index contributed by atoms with van der Waals surface area (Å²) in [6.45, 7) is 3.16. The molecule has 0 saturated carbocycles. The van der Waals surface area contributed by atoms with Crippen LogP contribution in [0.5, 0.6) is 0 Å². The van der Waals surface area contributed by atoms with Crippen molar-refractivity contribution in [3.05, 3.63) is 48.0 Å². The number of nitrogens with two attached hydrogens (primary N) is 1. The summed E-state index contributed by atoms with van der Waals surface area (Å²) in [7, 11) is 1.76. The molecule has 1 heterocycles. The van der Waals surface area contributed by atoms with Gasteiger partial charge in [0.1, 0.15) is 5.69 Å². The molecule has 0 saturated heterocycles. The van der Waals surface area contributed by atoms with Crippen LogP contribution in [0.15, 0.2) is 36.8 Å². The first-order chi connectivity index (χ1) is 9.13. The number of amides is 1. The Hall–Kier alpha value is -2.14. The molecule has 0 aliphatic rings. The van der Waals surface area contributed by atoms with Crippen LogP contribution in [-0.4, -0.2) is 29.1 Å². The van der Waals surface area contributed by atoms with E-state index in [0.717, 1.165) is 11.3 Å². The monoisotopic (exact) mass is 258 g/mol. The average Bonchev–Trinajstić information content (AvgIpc) is 2.87. The van der Waals surface area contributed by atoms with Crippen LogP contribution in [-0.2, 0) is 6.54 Å². The first kappa shape index (κ1) is 13.3. The molecule has 19 heavy (non-hydrogen) atoms. The summed E-state index contributed by atoms with van der Waals surface area (Å²) in [5, 5.41) is 0. The predicted molar refractivity (Wildman–Crippen MR) is 75.2 cm³/mol. The summed E-state index contributed by atoms with van der Waals surface area (Å²) >= 11 is 0. The number of nitrogens with zero attached hydrogens (tertiary/aromatic N) is 3. The van der Waals surface area contributed by atoms with Gasteiger partial charge in [-0.15, -0.1) is 0 Å². The molecule has 0 fully saturated rings. The molecule has 1 aromatic carbocycles. The van der Waals surface area contributed by atoms with Crippen LogP contribution in [0, 0.1) is 6.92 Å². The molecule has 0 bridgehead atoms. The van der Waals surface area contributed by atoms with E-state index >= 15 is 0 Å². The van der Waals surface area contributed by atoms with Crippen LogP contribution >= 0.6 is 0 Å². The standard InChI is InChI=1S/C14H18N4O/c1-11-5-3-4-6-13(11)17(2)14(19)12-9-18(8-7-15)10-16-12/h3-6,9-10H,7-8,15H2,1-2H3. The van der Waals surface area contributed by atoms with Crippen LogP contribution < -0.4 is 10.6 Å². The lowest BCUT2D eigenvalue weighted by atomic mass is 10.2. The van der Waals surface area contributed by atoms with Crippen molar-refractivity contribution in [2.75, 3.05) is 18.5 Å². The van der Waals surface area contributed by atoms with Crippen LogP contribution in [0.25, 0.3) is 0 Å². The highest BCUT2D eigenvalue weighted by Crippen LogP contribution is 2.19. The number of benzene rings is 1. The zero-order valence-corrected chi connectivity index (χ0v) is 11.2. The Labute approximate surface area is 112 Å². The molecule has 0 aliphatic carbocycles. The molecule has 5 heteroatoms. The van der Waals surface area contributed by atoms with Crippen molar-refractivity contribution in [1.29, 1.82) is 0 Å². The topological polar surface area (TPSA) is 64.2 Å².